The molecule has 0 aromatic rings. The van der Waals surface area contributed by atoms with Crippen molar-refractivity contribution < 1.29 is 14.7 Å². The van der Waals surface area contributed by atoms with Gasteiger partial charge in [-0.3, -0.25) is 14.5 Å². The molecular weight excluding hydrogens is 244 g/mol. The van der Waals surface area contributed by atoms with Crippen LogP contribution in [0, 0.1) is 5.92 Å². The van der Waals surface area contributed by atoms with Crippen molar-refractivity contribution in [3.05, 3.63) is 12.2 Å². The Labute approximate surface area is 113 Å². The predicted octanol–water partition coefficient (Wildman–Crippen LogP) is 0.962. The van der Waals surface area contributed by atoms with Crippen molar-refractivity contribution >= 4 is 11.9 Å². The summed E-state index contributed by atoms with van der Waals surface area (Å²) in [5.74, 6) is -0.315. The molecule has 1 saturated heterocycles. The molecule has 0 aromatic carbocycles. The molecule has 1 N–H and O–H groups in total. The number of aliphatic carboxylic acids is 1. The summed E-state index contributed by atoms with van der Waals surface area (Å²) in [6, 6.07) is 0. The smallest absolute Gasteiger partial charge is 0.304 e. The first-order chi connectivity index (χ1) is 9.16. The standard InChI is InChI=1S/C14H22N2O3/c17-13(18)6-7-15-8-10-16(11-9-15)14(19)12-4-2-1-3-5-12/h1-2,12H,3-11H2,(H,17,18). The summed E-state index contributed by atoms with van der Waals surface area (Å²) in [6.07, 6.45) is 7.28. The summed E-state index contributed by atoms with van der Waals surface area (Å²) in [5, 5.41) is 8.66. The molecule has 2 rings (SSSR count). The van der Waals surface area contributed by atoms with Crippen LogP contribution in [0.2, 0.25) is 0 Å². The maximum Gasteiger partial charge on any atom is 0.304 e. The SMILES string of the molecule is O=C(O)CCN1CCN(C(=O)C2CC=CCC2)CC1. The lowest BCUT2D eigenvalue weighted by atomic mass is 9.93. The van der Waals surface area contributed by atoms with E-state index in [1.165, 1.54) is 0 Å². The summed E-state index contributed by atoms with van der Waals surface area (Å²) in [6.45, 7) is 3.64. The number of carbonyl (C=O) groups is 2. The Kier molecular flexibility index (Phi) is 4.96. The van der Waals surface area contributed by atoms with Gasteiger partial charge in [0.05, 0.1) is 6.42 Å². The second-order valence-electron chi connectivity index (χ2n) is 5.29. The van der Waals surface area contributed by atoms with Crippen molar-refractivity contribution in [2.75, 3.05) is 32.7 Å². The van der Waals surface area contributed by atoms with Gasteiger partial charge in [-0.05, 0) is 19.3 Å². The first-order valence-electron chi connectivity index (χ1n) is 7.05. The largest absolute Gasteiger partial charge is 0.481 e. The Morgan fingerprint density at radius 3 is 2.47 bits per heavy atom. The number of piperazine rings is 1. The van der Waals surface area contributed by atoms with E-state index >= 15 is 0 Å². The lowest BCUT2D eigenvalue weighted by Gasteiger charge is -2.36. The van der Waals surface area contributed by atoms with E-state index in [2.05, 4.69) is 17.1 Å². The molecule has 0 spiro atoms. The number of rotatable bonds is 4. The summed E-state index contributed by atoms with van der Waals surface area (Å²) >= 11 is 0. The van der Waals surface area contributed by atoms with Gasteiger partial charge < -0.3 is 10.0 Å². The number of allylic oxidation sites excluding steroid dienone is 2. The minimum atomic E-state index is -0.757. The second kappa shape index (κ2) is 6.70. The monoisotopic (exact) mass is 266 g/mol. The minimum Gasteiger partial charge on any atom is -0.481 e. The highest BCUT2D eigenvalue weighted by Crippen LogP contribution is 2.21. The van der Waals surface area contributed by atoms with Crippen LogP contribution in [0.25, 0.3) is 0 Å². The van der Waals surface area contributed by atoms with Gasteiger partial charge in [0.1, 0.15) is 0 Å². The zero-order valence-corrected chi connectivity index (χ0v) is 11.3. The number of carboxylic acids is 1. The van der Waals surface area contributed by atoms with Crippen LogP contribution in [0.3, 0.4) is 0 Å². The van der Waals surface area contributed by atoms with Gasteiger partial charge in [-0.25, -0.2) is 0 Å². The van der Waals surface area contributed by atoms with E-state index in [1.807, 2.05) is 4.90 Å². The molecule has 19 heavy (non-hydrogen) atoms. The average Bonchev–Trinajstić information content (AvgIpc) is 2.46. The zero-order chi connectivity index (χ0) is 13.7. The van der Waals surface area contributed by atoms with E-state index in [-0.39, 0.29) is 18.2 Å². The van der Waals surface area contributed by atoms with Crippen molar-refractivity contribution in [2.45, 2.75) is 25.7 Å². The van der Waals surface area contributed by atoms with Crippen molar-refractivity contribution in [3.8, 4) is 0 Å². The van der Waals surface area contributed by atoms with Gasteiger partial charge in [-0.2, -0.15) is 0 Å². The minimum absolute atomic E-state index is 0.163. The molecule has 1 heterocycles. The van der Waals surface area contributed by atoms with Crippen molar-refractivity contribution in [1.82, 2.24) is 9.80 Å². The molecule has 5 heteroatoms. The number of hydrogen-bond donors (Lipinski definition) is 1. The summed E-state index contributed by atoms with van der Waals surface area (Å²) < 4.78 is 0. The number of nitrogens with zero attached hydrogens (tertiary/aromatic N) is 2. The third-order valence-corrected chi connectivity index (χ3v) is 3.94. The second-order valence-corrected chi connectivity index (χ2v) is 5.29. The highest BCUT2D eigenvalue weighted by atomic mass is 16.4. The molecule has 0 bridgehead atoms. The Bertz CT molecular complexity index is 360. The average molecular weight is 266 g/mol. The third-order valence-electron chi connectivity index (χ3n) is 3.94. The van der Waals surface area contributed by atoms with E-state index in [0.29, 0.717) is 6.54 Å². The quantitative estimate of drug-likeness (QED) is 0.770. The fourth-order valence-corrected chi connectivity index (χ4v) is 2.72. The predicted molar refractivity (Wildman–Crippen MR) is 71.8 cm³/mol. The lowest BCUT2D eigenvalue weighted by molar-refractivity contribution is -0.140. The van der Waals surface area contributed by atoms with Crippen LogP contribution in [0.4, 0.5) is 0 Å². The van der Waals surface area contributed by atoms with Crippen LogP contribution < -0.4 is 0 Å². The van der Waals surface area contributed by atoms with Gasteiger partial charge in [0, 0.05) is 38.6 Å². The van der Waals surface area contributed by atoms with Gasteiger partial charge in [-0.15, -0.1) is 0 Å². The van der Waals surface area contributed by atoms with E-state index in [1.54, 1.807) is 0 Å². The summed E-state index contributed by atoms with van der Waals surface area (Å²) in [4.78, 5) is 26.9. The maximum absolute atomic E-state index is 12.3. The maximum atomic E-state index is 12.3. The van der Waals surface area contributed by atoms with Crippen molar-refractivity contribution in [2.24, 2.45) is 5.92 Å². The van der Waals surface area contributed by atoms with Crippen LogP contribution in [0.5, 0.6) is 0 Å². The molecule has 0 saturated carbocycles. The molecule has 0 aromatic heterocycles. The summed E-state index contributed by atoms with van der Waals surface area (Å²) in [5.41, 5.74) is 0. The highest BCUT2D eigenvalue weighted by molar-refractivity contribution is 5.79. The Morgan fingerprint density at radius 1 is 1.16 bits per heavy atom. The van der Waals surface area contributed by atoms with Crippen LogP contribution in [0.1, 0.15) is 25.7 Å². The number of hydrogen-bond acceptors (Lipinski definition) is 3. The van der Waals surface area contributed by atoms with E-state index < -0.39 is 5.97 Å². The number of amides is 1. The topological polar surface area (TPSA) is 60.9 Å². The number of carboxylic acid groups (broad SMARTS) is 1. The van der Waals surface area contributed by atoms with Gasteiger partial charge in [0.2, 0.25) is 5.91 Å². The third kappa shape index (κ3) is 4.06. The Hall–Kier alpha value is -1.36. The molecule has 1 amide bonds. The first-order valence-corrected chi connectivity index (χ1v) is 7.05. The molecular formula is C14H22N2O3. The van der Waals surface area contributed by atoms with Gasteiger partial charge in [-0.1, -0.05) is 12.2 Å². The van der Waals surface area contributed by atoms with Crippen molar-refractivity contribution in [1.29, 1.82) is 0 Å². The lowest BCUT2D eigenvalue weighted by Crippen LogP contribution is -2.50. The van der Waals surface area contributed by atoms with E-state index in [4.69, 9.17) is 5.11 Å². The normalized spacial score (nSPS) is 24.4. The molecule has 1 aliphatic carbocycles. The van der Waals surface area contributed by atoms with Gasteiger partial charge >= 0.3 is 5.97 Å². The molecule has 2 aliphatic rings. The van der Waals surface area contributed by atoms with E-state index in [0.717, 1.165) is 45.4 Å². The van der Waals surface area contributed by atoms with Crippen LogP contribution in [-0.2, 0) is 9.59 Å². The fourth-order valence-electron chi connectivity index (χ4n) is 2.72. The molecule has 0 radical (unpaired) electrons. The fraction of sp³-hybridized carbons (Fsp3) is 0.714. The Balaban J connectivity index is 1.74. The number of carbonyl (C=O) groups excluding carboxylic acids is 1. The van der Waals surface area contributed by atoms with Gasteiger partial charge in [0.15, 0.2) is 0 Å². The highest BCUT2D eigenvalue weighted by Gasteiger charge is 2.27. The molecule has 5 nitrogen and oxygen atoms in total. The molecule has 106 valence electrons. The zero-order valence-electron chi connectivity index (χ0n) is 11.3. The molecule has 1 unspecified atom stereocenters. The first kappa shape index (κ1) is 14.1. The van der Waals surface area contributed by atoms with Crippen LogP contribution >= 0.6 is 0 Å². The molecule has 1 aliphatic heterocycles. The molecule has 1 fully saturated rings. The van der Waals surface area contributed by atoms with Crippen LogP contribution in [-0.4, -0.2) is 59.5 Å². The Morgan fingerprint density at radius 2 is 1.89 bits per heavy atom. The van der Waals surface area contributed by atoms with Crippen molar-refractivity contribution in [3.63, 3.8) is 0 Å². The molecule has 1 atom stereocenters. The van der Waals surface area contributed by atoms with E-state index in [9.17, 15) is 9.59 Å². The van der Waals surface area contributed by atoms with Crippen LogP contribution in [0.15, 0.2) is 12.2 Å². The summed E-state index contributed by atoms with van der Waals surface area (Å²) in [7, 11) is 0. The van der Waals surface area contributed by atoms with Gasteiger partial charge in [0.25, 0.3) is 0 Å².